The molecule has 0 amide bonds. The molecule has 0 saturated carbocycles. The van der Waals surface area contributed by atoms with E-state index in [9.17, 15) is 18.0 Å². The van der Waals surface area contributed by atoms with Crippen LogP contribution in [0.2, 0.25) is 0 Å². The summed E-state index contributed by atoms with van der Waals surface area (Å²) in [5.41, 5.74) is -2.07. The summed E-state index contributed by atoms with van der Waals surface area (Å²) in [6.07, 6.45) is 0. The Morgan fingerprint density at radius 2 is 1.75 bits per heavy atom. The molecule has 1 aromatic heterocycles. The second-order valence-electron chi connectivity index (χ2n) is 4.40. The van der Waals surface area contributed by atoms with Gasteiger partial charge in [-0.2, -0.15) is 4.39 Å². The minimum absolute atomic E-state index is 0.0759. The average molecular weight is 285 g/mol. The highest BCUT2D eigenvalue weighted by molar-refractivity contribution is 5.84. The van der Waals surface area contributed by atoms with E-state index < -0.39 is 28.7 Å². The van der Waals surface area contributed by atoms with Gasteiger partial charge in [-0.15, -0.1) is 0 Å². The highest BCUT2D eigenvalue weighted by Gasteiger charge is 2.22. The quantitative estimate of drug-likeness (QED) is 0.811. The lowest BCUT2D eigenvalue weighted by Crippen LogP contribution is -2.24. The third-order valence-corrected chi connectivity index (χ3v) is 3.34. The topological polar surface area (TPSA) is 33.5 Å². The van der Waals surface area contributed by atoms with E-state index in [1.165, 1.54) is 11.8 Å². The van der Waals surface area contributed by atoms with Gasteiger partial charge in [-0.25, -0.2) is 13.6 Å². The van der Waals surface area contributed by atoms with Crippen LogP contribution in [0.25, 0.3) is 11.0 Å². The minimum atomic E-state index is -1.26. The highest BCUT2D eigenvalue weighted by atomic mass is 19.1. The molecule has 0 aliphatic heterocycles. The first-order valence-corrected chi connectivity index (χ1v) is 6.28. The van der Waals surface area contributed by atoms with E-state index in [1.54, 1.807) is 13.8 Å². The maximum atomic E-state index is 14.4. The maximum absolute atomic E-state index is 14.4. The summed E-state index contributed by atoms with van der Waals surface area (Å²) in [7, 11) is 0. The van der Waals surface area contributed by atoms with Crippen molar-refractivity contribution < 1.29 is 17.6 Å². The summed E-state index contributed by atoms with van der Waals surface area (Å²) in [5.74, 6) is -2.93. The molecule has 0 radical (unpaired) electrons. The van der Waals surface area contributed by atoms with E-state index in [1.807, 2.05) is 0 Å². The standard InChI is InChI=1S/C14H14F3NO2/c1-4-18(5-2)12-9(15)6-8-7(3)10(16)14(19)20-13(8)11(12)17/h6H,4-5H2,1-3H3. The van der Waals surface area contributed by atoms with Gasteiger partial charge in [-0.3, -0.25) is 0 Å². The zero-order valence-corrected chi connectivity index (χ0v) is 11.4. The lowest BCUT2D eigenvalue weighted by molar-refractivity contribution is 0.464. The average Bonchev–Trinajstić information content (AvgIpc) is 2.42. The number of anilines is 1. The maximum Gasteiger partial charge on any atom is 0.373 e. The van der Waals surface area contributed by atoms with E-state index in [-0.39, 0.29) is 16.6 Å². The number of benzene rings is 1. The number of hydrogen-bond donors (Lipinski definition) is 0. The van der Waals surface area contributed by atoms with Crippen LogP contribution in [0, 0.1) is 24.4 Å². The van der Waals surface area contributed by atoms with Crippen molar-refractivity contribution in [2.24, 2.45) is 0 Å². The van der Waals surface area contributed by atoms with Crippen molar-refractivity contribution in [1.29, 1.82) is 0 Å². The molecule has 20 heavy (non-hydrogen) atoms. The number of nitrogens with zero attached hydrogens (tertiary/aromatic N) is 1. The monoisotopic (exact) mass is 285 g/mol. The van der Waals surface area contributed by atoms with E-state index in [0.29, 0.717) is 13.1 Å². The van der Waals surface area contributed by atoms with Crippen LogP contribution in [0.4, 0.5) is 18.9 Å². The second kappa shape index (κ2) is 5.19. The third-order valence-electron chi connectivity index (χ3n) is 3.34. The summed E-state index contributed by atoms with van der Waals surface area (Å²) in [6, 6.07) is 0.993. The number of hydrogen-bond acceptors (Lipinski definition) is 3. The smallest absolute Gasteiger partial charge is 0.373 e. The Kier molecular flexibility index (Phi) is 3.74. The summed E-state index contributed by atoms with van der Waals surface area (Å²) in [6.45, 7) is 5.56. The van der Waals surface area contributed by atoms with Crippen molar-refractivity contribution in [2.75, 3.05) is 18.0 Å². The molecule has 0 spiro atoms. The van der Waals surface area contributed by atoms with Gasteiger partial charge < -0.3 is 9.32 Å². The first kappa shape index (κ1) is 14.4. The van der Waals surface area contributed by atoms with Crippen LogP contribution in [-0.4, -0.2) is 13.1 Å². The fourth-order valence-corrected chi connectivity index (χ4v) is 2.21. The van der Waals surface area contributed by atoms with Gasteiger partial charge >= 0.3 is 5.63 Å². The van der Waals surface area contributed by atoms with Crippen molar-refractivity contribution in [1.82, 2.24) is 0 Å². The van der Waals surface area contributed by atoms with E-state index >= 15 is 0 Å². The van der Waals surface area contributed by atoms with Gasteiger partial charge in [0.1, 0.15) is 11.5 Å². The van der Waals surface area contributed by atoms with Crippen LogP contribution in [0.3, 0.4) is 0 Å². The van der Waals surface area contributed by atoms with Crippen LogP contribution in [0.1, 0.15) is 19.4 Å². The van der Waals surface area contributed by atoms with Crippen LogP contribution < -0.4 is 10.5 Å². The van der Waals surface area contributed by atoms with E-state index in [4.69, 9.17) is 0 Å². The molecule has 0 atom stereocenters. The lowest BCUT2D eigenvalue weighted by atomic mass is 10.1. The molecule has 1 aromatic carbocycles. The molecule has 6 heteroatoms. The Morgan fingerprint density at radius 1 is 1.15 bits per heavy atom. The third kappa shape index (κ3) is 2.05. The molecule has 0 saturated heterocycles. The molecular formula is C14H14F3NO2. The lowest BCUT2D eigenvalue weighted by Gasteiger charge is -2.22. The molecule has 108 valence electrons. The Morgan fingerprint density at radius 3 is 2.30 bits per heavy atom. The largest absolute Gasteiger partial charge is 0.417 e. The van der Waals surface area contributed by atoms with Crippen molar-refractivity contribution in [3.8, 4) is 0 Å². The molecule has 0 fully saturated rings. The first-order valence-electron chi connectivity index (χ1n) is 6.28. The normalized spacial score (nSPS) is 11.1. The van der Waals surface area contributed by atoms with Crippen LogP contribution in [0.15, 0.2) is 15.3 Å². The minimum Gasteiger partial charge on any atom is -0.417 e. The molecule has 0 bridgehead atoms. The SMILES string of the molecule is CCN(CC)c1c(F)cc2c(C)c(F)c(=O)oc2c1F. The number of rotatable bonds is 3. The summed E-state index contributed by atoms with van der Waals surface area (Å²) < 4.78 is 46.6. The van der Waals surface area contributed by atoms with Gasteiger partial charge in [0.25, 0.3) is 0 Å². The van der Waals surface area contributed by atoms with Gasteiger partial charge in [0.15, 0.2) is 11.4 Å². The highest BCUT2D eigenvalue weighted by Crippen LogP contribution is 2.31. The fraction of sp³-hybridized carbons (Fsp3) is 0.357. The Hall–Kier alpha value is -1.98. The molecule has 0 aliphatic rings. The van der Waals surface area contributed by atoms with Gasteiger partial charge in [0.05, 0.1) is 0 Å². The van der Waals surface area contributed by atoms with Gasteiger partial charge in [-0.05, 0) is 26.8 Å². The molecule has 1 heterocycles. The molecule has 2 aromatic rings. The summed E-state index contributed by atoms with van der Waals surface area (Å²) in [4.78, 5) is 12.8. The first-order chi connectivity index (χ1) is 9.42. The zero-order chi connectivity index (χ0) is 15.0. The summed E-state index contributed by atoms with van der Waals surface area (Å²) in [5, 5.41) is -0.0759. The van der Waals surface area contributed by atoms with Gasteiger partial charge in [0.2, 0.25) is 5.82 Å². The Balaban J connectivity index is 2.89. The van der Waals surface area contributed by atoms with Crippen LogP contribution in [0.5, 0.6) is 0 Å². The molecule has 0 aliphatic carbocycles. The molecular weight excluding hydrogens is 271 g/mol. The number of aryl methyl sites for hydroxylation is 1. The predicted molar refractivity (Wildman–Crippen MR) is 70.7 cm³/mol. The molecule has 0 unspecified atom stereocenters. The van der Waals surface area contributed by atoms with Crippen molar-refractivity contribution in [3.63, 3.8) is 0 Å². The number of fused-ring (bicyclic) bond motifs is 1. The van der Waals surface area contributed by atoms with Crippen LogP contribution >= 0.6 is 0 Å². The van der Waals surface area contributed by atoms with Gasteiger partial charge in [0, 0.05) is 24.0 Å². The van der Waals surface area contributed by atoms with Crippen LogP contribution in [-0.2, 0) is 0 Å². The number of halogens is 3. The van der Waals surface area contributed by atoms with Crippen molar-refractivity contribution >= 4 is 16.7 Å². The molecule has 3 nitrogen and oxygen atoms in total. The zero-order valence-electron chi connectivity index (χ0n) is 11.4. The molecule has 0 N–H and O–H groups in total. The van der Waals surface area contributed by atoms with E-state index in [2.05, 4.69) is 4.42 Å². The van der Waals surface area contributed by atoms with Crippen molar-refractivity contribution in [3.05, 3.63) is 39.5 Å². The Labute approximate surface area is 113 Å². The van der Waals surface area contributed by atoms with Crippen molar-refractivity contribution in [2.45, 2.75) is 20.8 Å². The Bertz CT molecular complexity index is 721. The van der Waals surface area contributed by atoms with E-state index in [0.717, 1.165) is 6.07 Å². The predicted octanol–water partition coefficient (Wildman–Crippen LogP) is 3.36. The molecule has 2 rings (SSSR count). The fourth-order valence-electron chi connectivity index (χ4n) is 2.21. The van der Waals surface area contributed by atoms with Gasteiger partial charge in [-0.1, -0.05) is 0 Å². The second-order valence-corrected chi connectivity index (χ2v) is 4.40. The summed E-state index contributed by atoms with van der Waals surface area (Å²) >= 11 is 0.